The van der Waals surface area contributed by atoms with Gasteiger partial charge in [-0.15, -0.1) is 0 Å². The third-order valence-electron chi connectivity index (χ3n) is 1.47. The van der Waals surface area contributed by atoms with Gasteiger partial charge < -0.3 is 5.32 Å². The van der Waals surface area contributed by atoms with E-state index in [1.54, 1.807) is 6.07 Å². The molecule has 1 heterocycles. The lowest BCUT2D eigenvalue weighted by Gasteiger charge is -2.01. The van der Waals surface area contributed by atoms with Gasteiger partial charge in [-0.3, -0.25) is 0 Å². The van der Waals surface area contributed by atoms with Crippen LogP contribution in [0, 0.1) is 5.82 Å². The Labute approximate surface area is 87.9 Å². The summed E-state index contributed by atoms with van der Waals surface area (Å²) < 4.78 is 16.3. The molecule has 0 amide bonds. The molecule has 0 fully saturated rings. The van der Waals surface area contributed by atoms with Gasteiger partial charge in [-0.25, -0.2) is 4.39 Å². The van der Waals surface area contributed by atoms with Crippen LogP contribution in [0.1, 0.15) is 0 Å². The zero-order chi connectivity index (χ0) is 9.97. The molecule has 1 aromatic heterocycles. The fourth-order valence-corrected chi connectivity index (χ4v) is 1.45. The van der Waals surface area contributed by atoms with Crippen molar-refractivity contribution in [3.05, 3.63) is 29.0 Å². The van der Waals surface area contributed by atoms with Crippen LogP contribution in [0.2, 0.25) is 5.02 Å². The van der Waals surface area contributed by atoms with E-state index in [9.17, 15) is 4.39 Å². The summed E-state index contributed by atoms with van der Waals surface area (Å²) in [4.78, 5) is 0. The highest BCUT2D eigenvalue weighted by molar-refractivity contribution is 7.09. The maximum Gasteiger partial charge on any atom is 0.229 e. The Balaban J connectivity index is 2.22. The molecule has 0 atom stereocenters. The van der Waals surface area contributed by atoms with Gasteiger partial charge in [0.25, 0.3) is 0 Å². The van der Waals surface area contributed by atoms with E-state index in [4.69, 9.17) is 11.6 Å². The van der Waals surface area contributed by atoms with E-state index in [1.165, 1.54) is 12.1 Å². The first kappa shape index (κ1) is 9.29. The van der Waals surface area contributed by atoms with Crippen LogP contribution in [0.15, 0.2) is 18.2 Å². The number of nitrogens with zero attached hydrogens (tertiary/aromatic N) is 3. The van der Waals surface area contributed by atoms with Crippen LogP contribution in [0.4, 0.5) is 15.2 Å². The zero-order valence-electron chi connectivity index (χ0n) is 6.74. The molecule has 0 unspecified atom stereocenters. The van der Waals surface area contributed by atoms with Crippen LogP contribution in [-0.4, -0.2) is 14.8 Å². The van der Waals surface area contributed by atoms with E-state index in [1.807, 2.05) is 0 Å². The number of benzene rings is 1. The molecule has 0 saturated heterocycles. The number of aromatic nitrogens is 3. The molecule has 4 nitrogen and oxygen atoms in total. The molecule has 0 aliphatic carbocycles. The first-order valence-electron chi connectivity index (χ1n) is 3.63. The maximum atomic E-state index is 12.8. The van der Waals surface area contributed by atoms with Gasteiger partial charge >= 0.3 is 0 Å². The predicted octanol–water partition coefficient (Wildman–Crippen LogP) is 2.47. The number of halogens is 2. The van der Waals surface area contributed by atoms with Crippen LogP contribution >= 0.6 is 23.1 Å². The highest BCUT2D eigenvalue weighted by atomic mass is 35.5. The molecule has 2 aromatic rings. The van der Waals surface area contributed by atoms with Crippen molar-refractivity contribution >= 4 is 34.0 Å². The third kappa shape index (κ3) is 1.97. The largest absolute Gasteiger partial charge is 0.329 e. The van der Waals surface area contributed by atoms with Crippen LogP contribution in [-0.2, 0) is 0 Å². The molecule has 0 spiro atoms. The summed E-state index contributed by atoms with van der Waals surface area (Å²) in [6.45, 7) is 0. The molecule has 72 valence electrons. The van der Waals surface area contributed by atoms with Crippen molar-refractivity contribution in [2.75, 3.05) is 5.32 Å². The monoisotopic (exact) mass is 230 g/mol. The highest BCUT2D eigenvalue weighted by Gasteiger charge is 2.02. The Bertz CT molecular complexity index is 433. The summed E-state index contributed by atoms with van der Waals surface area (Å²) in [5.74, 6) is -0.451. The Kier molecular flexibility index (Phi) is 2.55. The van der Waals surface area contributed by atoms with Gasteiger partial charge in [-0.2, -0.15) is 0 Å². The van der Waals surface area contributed by atoms with Crippen molar-refractivity contribution in [3.8, 4) is 0 Å². The van der Waals surface area contributed by atoms with E-state index in [0.29, 0.717) is 10.8 Å². The minimum Gasteiger partial charge on any atom is -0.329 e. The van der Waals surface area contributed by atoms with Crippen molar-refractivity contribution in [1.29, 1.82) is 0 Å². The number of hydrogen-bond acceptors (Lipinski definition) is 5. The number of anilines is 2. The van der Waals surface area contributed by atoms with Gasteiger partial charge in [0.2, 0.25) is 5.13 Å². The van der Waals surface area contributed by atoms with Gasteiger partial charge in [0.15, 0.2) is 0 Å². The first-order chi connectivity index (χ1) is 6.75. The van der Waals surface area contributed by atoms with Gasteiger partial charge in [0.05, 0.1) is 5.02 Å². The summed E-state index contributed by atoms with van der Waals surface area (Å²) in [5, 5.41) is 10.6. The smallest absolute Gasteiger partial charge is 0.229 e. The lowest BCUT2D eigenvalue weighted by Crippen LogP contribution is -1.90. The molecular weight excluding hydrogens is 227 g/mol. The molecule has 0 saturated carbocycles. The van der Waals surface area contributed by atoms with Crippen molar-refractivity contribution in [2.24, 2.45) is 0 Å². The van der Waals surface area contributed by atoms with Crippen molar-refractivity contribution in [2.45, 2.75) is 0 Å². The molecule has 7 heteroatoms. The average Bonchev–Trinajstić information content (AvgIpc) is 2.64. The Hall–Kier alpha value is -1.27. The van der Waals surface area contributed by atoms with Crippen molar-refractivity contribution < 1.29 is 4.39 Å². The molecule has 0 aliphatic heterocycles. The molecule has 1 aromatic carbocycles. The molecule has 14 heavy (non-hydrogen) atoms. The zero-order valence-corrected chi connectivity index (χ0v) is 8.31. The fraction of sp³-hybridized carbons (Fsp3) is 0. The third-order valence-corrected chi connectivity index (χ3v) is 2.27. The number of rotatable bonds is 2. The Morgan fingerprint density at radius 1 is 1.43 bits per heavy atom. The quantitative estimate of drug-likeness (QED) is 0.861. The summed E-state index contributed by atoms with van der Waals surface area (Å²) in [5.41, 5.74) is 0.648. The van der Waals surface area contributed by atoms with Gasteiger partial charge in [-0.1, -0.05) is 21.2 Å². The average molecular weight is 231 g/mol. The van der Waals surface area contributed by atoms with E-state index < -0.39 is 5.82 Å². The molecule has 0 radical (unpaired) electrons. The molecule has 0 bridgehead atoms. The van der Waals surface area contributed by atoms with E-state index in [-0.39, 0.29) is 5.02 Å². The summed E-state index contributed by atoms with van der Waals surface area (Å²) in [6, 6.07) is 4.31. The normalized spacial score (nSPS) is 10.1. The highest BCUT2D eigenvalue weighted by Crippen LogP contribution is 2.22. The van der Waals surface area contributed by atoms with Gasteiger partial charge in [-0.05, 0) is 23.4 Å². The Morgan fingerprint density at radius 3 is 2.93 bits per heavy atom. The summed E-state index contributed by atoms with van der Waals surface area (Å²) in [6.07, 6.45) is 0. The molecular formula is C7H4ClFN4S. The molecule has 1 N–H and O–H groups in total. The fourth-order valence-electron chi connectivity index (χ4n) is 0.879. The minimum absolute atomic E-state index is 0.0625. The lowest BCUT2D eigenvalue weighted by atomic mass is 10.3. The van der Waals surface area contributed by atoms with E-state index in [2.05, 4.69) is 20.1 Å². The van der Waals surface area contributed by atoms with E-state index >= 15 is 0 Å². The second kappa shape index (κ2) is 3.85. The van der Waals surface area contributed by atoms with Gasteiger partial charge in [0, 0.05) is 17.2 Å². The first-order valence-corrected chi connectivity index (χ1v) is 4.78. The minimum atomic E-state index is -0.451. The number of hydrogen-bond donors (Lipinski definition) is 1. The summed E-state index contributed by atoms with van der Waals surface area (Å²) >= 11 is 6.70. The Morgan fingerprint density at radius 2 is 2.29 bits per heavy atom. The second-order valence-electron chi connectivity index (χ2n) is 2.42. The van der Waals surface area contributed by atoms with E-state index in [0.717, 1.165) is 11.5 Å². The van der Waals surface area contributed by atoms with Crippen LogP contribution in [0.5, 0.6) is 0 Å². The van der Waals surface area contributed by atoms with Gasteiger partial charge in [0.1, 0.15) is 5.82 Å². The number of nitrogens with one attached hydrogen (secondary N) is 1. The van der Waals surface area contributed by atoms with Crippen LogP contribution in [0.25, 0.3) is 0 Å². The lowest BCUT2D eigenvalue weighted by molar-refractivity contribution is 0.628. The topological polar surface area (TPSA) is 50.7 Å². The predicted molar refractivity (Wildman–Crippen MR) is 52.4 cm³/mol. The second-order valence-corrected chi connectivity index (χ2v) is 3.56. The maximum absolute atomic E-state index is 12.8. The molecule has 2 rings (SSSR count). The van der Waals surface area contributed by atoms with Crippen LogP contribution in [0.3, 0.4) is 0 Å². The van der Waals surface area contributed by atoms with Crippen molar-refractivity contribution in [3.63, 3.8) is 0 Å². The molecule has 0 aliphatic rings. The van der Waals surface area contributed by atoms with Crippen LogP contribution < -0.4 is 5.32 Å². The standard InChI is InChI=1S/C7H4ClFN4S/c8-5-3-4(1-2-6(5)9)10-7-11-12-13-14-7/h1-3H,(H,10,11,13). The summed E-state index contributed by atoms with van der Waals surface area (Å²) in [7, 11) is 0. The SMILES string of the molecule is Fc1ccc(Nc2nnns2)cc1Cl. The van der Waals surface area contributed by atoms with Crippen molar-refractivity contribution in [1.82, 2.24) is 14.8 Å².